The molecule has 0 aromatic rings. The number of aliphatic hydroxyl groups is 1. The molecule has 7 atom stereocenters. The second-order valence-electron chi connectivity index (χ2n) is 8.79. The van der Waals surface area contributed by atoms with Crippen molar-refractivity contribution in [1.29, 1.82) is 0 Å². The van der Waals surface area contributed by atoms with Crippen molar-refractivity contribution >= 4 is 33.7 Å². The molecule has 0 aliphatic carbocycles. The van der Waals surface area contributed by atoms with Gasteiger partial charge in [0, 0.05) is 17.4 Å². The minimum absolute atomic E-state index is 0.127. The second-order valence-corrected chi connectivity index (χ2v) is 9.97. The third-order valence-corrected chi connectivity index (χ3v) is 6.61. The molecule has 0 radical (unpaired) electrons. The molecule has 3 aliphatic rings. The van der Waals surface area contributed by atoms with Crippen LogP contribution in [0.15, 0.2) is 0 Å². The molecule has 0 aromatic heterocycles. The van der Waals surface area contributed by atoms with Crippen LogP contribution in [0.3, 0.4) is 0 Å². The van der Waals surface area contributed by atoms with E-state index >= 15 is 0 Å². The summed E-state index contributed by atoms with van der Waals surface area (Å²) in [6.07, 6.45) is -0.00578. The molecule has 152 valence electrons. The average Bonchev–Trinajstić information content (AvgIpc) is 3.15. The van der Waals surface area contributed by atoms with Crippen molar-refractivity contribution in [2.75, 3.05) is 13.7 Å². The zero-order valence-electron chi connectivity index (χ0n) is 16.3. The van der Waals surface area contributed by atoms with Crippen LogP contribution in [-0.2, 0) is 19.1 Å². The van der Waals surface area contributed by atoms with Gasteiger partial charge >= 0.3 is 0 Å². The van der Waals surface area contributed by atoms with Gasteiger partial charge in [-0.25, -0.2) is 0 Å². The number of hydrogen-bond donors (Lipinski definition) is 3. The second kappa shape index (κ2) is 6.70. The molecular formula is C18H28BrN3O5. The van der Waals surface area contributed by atoms with Gasteiger partial charge in [0.15, 0.2) is 0 Å². The van der Waals surface area contributed by atoms with Crippen LogP contribution >= 0.6 is 15.9 Å². The molecule has 3 amide bonds. The predicted molar refractivity (Wildman–Crippen MR) is 101 cm³/mol. The third kappa shape index (κ3) is 2.98. The Hall–Kier alpha value is -1.19. The number of carbonyl (C=O) groups excluding carboxylic acids is 3. The van der Waals surface area contributed by atoms with Gasteiger partial charge in [0.25, 0.3) is 0 Å². The van der Waals surface area contributed by atoms with E-state index in [0.29, 0.717) is 6.42 Å². The Morgan fingerprint density at radius 3 is 2.56 bits per heavy atom. The van der Waals surface area contributed by atoms with Crippen LogP contribution in [-0.4, -0.2) is 75.5 Å². The van der Waals surface area contributed by atoms with Crippen LogP contribution in [0.1, 0.15) is 34.1 Å². The summed E-state index contributed by atoms with van der Waals surface area (Å²) in [6.45, 7) is 7.01. The highest BCUT2D eigenvalue weighted by atomic mass is 79.9. The lowest BCUT2D eigenvalue weighted by Gasteiger charge is -2.37. The number of ether oxygens (including phenoxy) is 1. The third-order valence-electron chi connectivity index (χ3n) is 5.76. The first kappa shape index (κ1) is 20.5. The highest BCUT2D eigenvalue weighted by Crippen LogP contribution is 2.60. The SMILES string of the molecule is CNC(=O)[C@H]1[C@@H]2OC3(CC2Br)C(C(=O)NC(C)(C)C)N([C@H](C)CO)C(=O)[C@H]13. The number of rotatable bonds is 4. The fourth-order valence-corrected chi connectivity index (χ4v) is 5.78. The van der Waals surface area contributed by atoms with Gasteiger partial charge in [0.2, 0.25) is 17.7 Å². The Kier molecular flexibility index (Phi) is 5.10. The summed E-state index contributed by atoms with van der Waals surface area (Å²) in [7, 11) is 1.53. The summed E-state index contributed by atoms with van der Waals surface area (Å²) in [4.78, 5) is 40.4. The molecule has 0 saturated carbocycles. The quantitative estimate of drug-likeness (QED) is 0.518. The van der Waals surface area contributed by atoms with Gasteiger partial charge < -0.3 is 25.4 Å². The minimum atomic E-state index is -1.08. The van der Waals surface area contributed by atoms with Gasteiger partial charge in [-0.05, 0) is 34.1 Å². The molecule has 1 spiro atoms. The number of amides is 3. The van der Waals surface area contributed by atoms with Crippen molar-refractivity contribution in [2.45, 2.75) is 68.3 Å². The molecule has 2 bridgehead atoms. The lowest BCUT2D eigenvalue weighted by Crippen LogP contribution is -2.60. The maximum absolute atomic E-state index is 13.3. The lowest BCUT2D eigenvalue weighted by molar-refractivity contribution is -0.145. The zero-order valence-corrected chi connectivity index (χ0v) is 17.9. The molecule has 3 unspecified atom stereocenters. The monoisotopic (exact) mass is 445 g/mol. The Morgan fingerprint density at radius 1 is 1.41 bits per heavy atom. The molecule has 3 saturated heterocycles. The van der Waals surface area contributed by atoms with E-state index in [-0.39, 0.29) is 29.2 Å². The van der Waals surface area contributed by atoms with Crippen molar-refractivity contribution in [3.63, 3.8) is 0 Å². The molecule has 8 nitrogen and oxygen atoms in total. The first-order valence-corrected chi connectivity index (χ1v) is 10.2. The highest BCUT2D eigenvalue weighted by Gasteiger charge is 2.76. The Morgan fingerprint density at radius 2 is 2.04 bits per heavy atom. The molecule has 3 rings (SSSR count). The van der Waals surface area contributed by atoms with Gasteiger partial charge in [-0.2, -0.15) is 0 Å². The lowest BCUT2D eigenvalue weighted by atomic mass is 9.70. The number of hydrogen-bond acceptors (Lipinski definition) is 5. The van der Waals surface area contributed by atoms with E-state index in [1.165, 1.54) is 11.9 Å². The number of nitrogens with one attached hydrogen (secondary N) is 2. The standard InChI is InChI=1S/C18H28BrN3O5/c1-8(7-23)22-13(15(25)21-17(2,3)4)18-6-9(19)12(27-18)10(14(24)20-5)11(18)16(22)26/h8-13,23H,6-7H2,1-5H3,(H,20,24)(H,21,25)/t8-,9?,10-,11+,12-,13?,18?/m1/s1. The summed E-state index contributed by atoms with van der Waals surface area (Å²) in [5.41, 5.74) is -1.57. The number of carbonyl (C=O) groups is 3. The van der Waals surface area contributed by atoms with Gasteiger partial charge in [0.05, 0.1) is 30.6 Å². The van der Waals surface area contributed by atoms with Crippen molar-refractivity contribution < 1.29 is 24.2 Å². The van der Waals surface area contributed by atoms with Crippen LogP contribution in [0, 0.1) is 11.8 Å². The maximum atomic E-state index is 13.3. The maximum Gasteiger partial charge on any atom is 0.246 e. The summed E-state index contributed by atoms with van der Waals surface area (Å²) < 4.78 is 6.26. The van der Waals surface area contributed by atoms with E-state index in [4.69, 9.17) is 4.74 Å². The largest absolute Gasteiger partial charge is 0.394 e. The van der Waals surface area contributed by atoms with Crippen molar-refractivity contribution in [1.82, 2.24) is 15.5 Å². The molecule has 3 aliphatic heterocycles. The van der Waals surface area contributed by atoms with E-state index in [9.17, 15) is 19.5 Å². The molecule has 9 heteroatoms. The molecule has 27 heavy (non-hydrogen) atoms. The minimum Gasteiger partial charge on any atom is -0.394 e. The topological polar surface area (TPSA) is 108 Å². The van der Waals surface area contributed by atoms with Crippen molar-refractivity contribution in [3.05, 3.63) is 0 Å². The predicted octanol–water partition coefficient (Wildman–Crippen LogP) is -0.224. The van der Waals surface area contributed by atoms with Crippen LogP contribution in [0.5, 0.6) is 0 Å². The summed E-state index contributed by atoms with van der Waals surface area (Å²) in [5, 5.41) is 15.3. The van der Waals surface area contributed by atoms with Crippen LogP contribution in [0.25, 0.3) is 0 Å². The van der Waals surface area contributed by atoms with E-state index in [1.54, 1.807) is 6.92 Å². The van der Waals surface area contributed by atoms with Crippen molar-refractivity contribution in [3.8, 4) is 0 Å². The number of nitrogens with zero attached hydrogens (tertiary/aromatic N) is 1. The van der Waals surface area contributed by atoms with Gasteiger partial charge in [-0.1, -0.05) is 15.9 Å². The Balaban J connectivity index is 2.08. The molecule has 3 N–H and O–H groups in total. The summed E-state index contributed by atoms with van der Waals surface area (Å²) >= 11 is 3.58. The first-order valence-electron chi connectivity index (χ1n) is 9.27. The van der Waals surface area contributed by atoms with Gasteiger partial charge in [0.1, 0.15) is 11.6 Å². The van der Waals surface area contributed by atoms with E-state index in [2.05, 4.69) is 26.6 Å². The van der Waals surface area contributed by atoms with Gasteiger partial charge in [-0.15, -0.1) is 0 Å². The first-order chi connectivity index (χ1) is 12.5. The molecule has 0 aromatic carbocycles. The fourth-order valence-electron chi connectivity index (χ4n) is 4.83. The molecule has 3 heterocycles. The van der Waals surface area contributed by atoms with Crippen LogP contribution in [0.2, 0.25) is 0 Å². The Labute approximate surface area is 167 Å². The highest BCUT2D eigenvalue weighted by molar-refractivity contribution is 9.09. The summed E-state index contributed by atoms with van der Waals surface area (Å²) in [6, 6.07) is -1.45. The number of aliphatic hydroxyl groups excluding tert-OH is 1. The van der Waals surface area contributed by atoms with Crippen molar-refractivity contribution in [2.24, 2.45) is 11.8 Å². The smallest absolute Gasteiger partial charge is 0.246 e. The van der Waals surface area contributed by atoms with Gasteiger partial charge in [-0.3, -0.25) is 14.4 Å². The molecular weight excluding hydrogens is 418 g/mol. The summed E-state index contributed by atoms with van der Waals surface area (Å²) in [5.74, 6) is -2.29. The molecule has 3 fully saturated rings. The van der Waals surface area contributed by atoms with E-state index < -0.39 is 41.2 Å². The van der Waals surface area contributed by atoms with E-state index in [1.807, 2.05) is 20.8 Å². The average molecular weight is 446 g/mol. The number of alkyl halides is 1. The zero-order chi connectivity index (χ0) is 20.3. The number of halogens is 1. The van der Waals surface area contributed by atoms with Crippen LogP contribution in [0.4, 0.5) is 0 Å². The Bertz CT molecular complexity index is 666. The number of fused-ring (bicyclic) bond motifs is 1. The normalized spacial score (nSPS) is 38.7. The van der Waals surface area contributed by atoms with Crippen LogP contribution < -0.4 is 10.6 Å². The fraction of sp³-hybridized carbons (Fsp3) is 0.833. The number of likely N-dealkylation sites (tertiary alicyclic amines) is 1. The van der Waals surface area contributed by atoms with E-state index in [0.717, 1.165) is 0 Å².